The van der Waals surface area contributed by atoms with Crippen molar-refractivity contribution in [2.45, 2.75) is 84.4 Å². The predicted octanol–water partition coefficient (Wildman–Crippen LogP) is 3.75. The average Bonchev–Trinajstić information content (AvgIpc) is 3.36. The van der Waals surface area contributed by atoms with Gasteiger partial charge in [-0.3, -0.25) is 9.59 Å². The fourth-order valence-electron chi connectivity index (χ4n) is 4.04. The number of carbonyl (C=O) groups excluding carboxylic acids is 4. The summed E-state index contributed by atoms with van der Waals surface area (Å²) in [6.07, 6.45) is -2.98. The molecule has 234 valence electrons. The number of rotatable bonds is 14. The summed E-state index contributed by atoms with van der Waals surface area (Å²) in [6, 6.07) is 11.7. The molecular formula is C30H36ClNO11. The maximum absolute atomic E-state index is 13.3. The number of hydrogen-bond acceptors (Lipinski definition) is 12. The molecule has 2 N–H and O–H groups in total. The third-order valence-corrected chi connectivity index (χ3v) is 6.44. The van der Waals surface area contributed by atoms with E-state index in [-0.39, 0.29) is 36.9 Å². The molecule has 2 unspecified atom stereocenters. The summed E-state index contributed by atoms with van der Waals surface area (Å²) >= 11 is 6.01. The lowest BCUT2D eigenvalue weighted by atomic mass is 10.1. The van der Waals surface area contributed by atoms with Crippen LogP contribution in [0, 0.1) is 0 Å². The summed E-state index contributed by atoms with van der Waals surface area (Å²) in [5.74, 6) is -6.62. The number of aliphatic hydroxyl groups is 1. The molecular weight excluding hydrogens is 586 g/mol. The Morgan fingerprint density at radius 3 is 2.00 bits per heavy atom. The topological polar surface area (TPSA) is 156 Å². The molecule has 1 heterocycles. The number of halogens is 1. The van der Waals surface area contributed by atoms with Crippen LogP contribution in [0.5, 0.6) is 11.5 Å². The minimum Gasteiger partial charge on any atom is -0.431 e. The Bertz CT molecular complexity index is 1280. The first-order valence-corrected chi connectivity index (χ1v) is 14.2. The molecule has 1 aliphatic heterocycles. The Hall–Kier alpha value is -3.87. The van der Waals surface area contributed by atoms with Crippen LogP contribution in [0.4, 0.5) is 0 Å². The Morgan fingerprint density at radius 2 is 1.44 bits per heavy atom. The molecule has 2 aromatic rings. The van der Waals surface area contributed by atoms with Crippen LogP contribution < -0.4 is 14.8 Å². The Kier molecular flexibility index (Phi) is 11.8. The highest BCUT2D eigenvalue weighted by atomic mass is 35.5. The molecule has 2 aromatic carbocycles. The number of fused-ring (bicyclic) bond motifs is 1. The Morgan fingerprint density at radius 1 is 0.860 bits per heavy atom. The second-order valence-electron chi connectivity index (χ2n) is 9.82. The van der Waals surface area contributed by atoms with Crippen molar-refractivity contribution in [3.63, 3.8) is 0 Å². The van der Waals surface area contributed by atoms with Crippen LogP contribution in [0.15, 0.2) is 42.5 Å². The van der Waals surface area contributed by atoms with Crippen molar-refractivity contribution < 1.29 is 52.7 Å². The summed E-state index contributed by atoms with van der Waals surface area (Å²) in [5.41, 5.74) is 1.44. The second-order valence-corrected chi connectivity index (χ2v) is 10.3. The van der Waals surface area contributed by atoms with Crippen molar-refractivity contribution in [3.05, 3.63) is 58.6 Å². The highest BCUT2D eigenvalue weighted by Crippen LogP contribution is 2.42. The highest BCUT2D eigenvalue weighted by Gasteiger charge is 2.61. The smallest absolute Gasteiger partial charge is 0.431 e. The van der Waals surface area contributed by atoms with Crippen molar-refractivity contribution in [1.82, 2.24) is 5.32 Å². The molecule has 4 atom stereocenters. The van der Waals surface area contributed by atoms with E-state index in [1.54, 1.807) is 50.2 Å². The molecule has 3 rings (SSSR count). The van der Waals surface area contributed by atoms with E-state index in [4.69, 9.17) is 40.0 Å². The summed E-state index contributed by atoms with van der Waals surface area (Å²) < 4.78 is 31.7. The van der Waals surface area contributed by atoms with E-state index in [9.17, 15) is 24.3 Å². The molecule has 43 heavy (non-hydrogen) atoms. The largest absolute Gasteiger partial charge is 0.453 e. The molecule has 13 heteroatoms. The van der Waals surface area contributed by atoms with Gasteiger partial charge in [0.25, 0.3) is 0 Å². The van der Waals surface area contributed by atoms with Crippen molar-refractivity contribution >= 4 is 35.5 Å². The summed E-state index contributed by atoms with van der Waals surface area (Å²) in [5, 5.41) is 14.3. The number of hydrogen-bond donors (Lipinski definition) is 2. The highest BCUT2D eigenvalue weighted by molar-refractivity contribution is 6.30. The van der Waals surface area contributed by atoms with Crippen LogP contribution in [0.3, 0.4) is 0 Å². The zero-order valence-corrected chi connectivity index (χ0v) is 25.3. The lowest BCUT2D eigenvalue weighted by Gasteiger charge is -2.26. The van der Waals surface area contributed by atoms with Gasteiger partial charge in [0.2, 0.25) is 12.6 Å². The van der Waals surface area contributed by atoms with Crippen LogP contribution >= 0.6 is 11.6 Å². The van der Waals surface area contributed by atoms with Crippen LogP contribution in [-0.4, -0.2) is 59.9 Å². The number of benzene rings is 2. The van der Waals surface area contributed by atoms with Gasteiger partial charge in [-0.15, -0.1) is 0 Å². The Balaban J connectivity index is 1.73. The number of aliphatic hydroxyl groups excluding tert-OH is 1. The molecule has 0 aromatic heterocycles. The molecule has 0 amide bonds. The van der Waals surface area contributed by atoms with Gasteiger partial charge in [0, 0.05) is 44.3 Å². The SMILES string of the molecule is CCC(=O)OC(C)OC(=O)C1(C(=O)OC(C)OC(=O)CC)Oc2ccc(C[C@@H](C)NC[C@H](O)c3cccc(Cl)c3)cc2O1. The van der Waals surface area contributed by atoms with Crippen LogP contribution in [0.2, 0.25) is 5.02 Å². The molecule has 0 bridgehead atoms. The van der Waals surface area contributed by atoms with Crippen molar-refractivity contribution in [2.24, 2.45) is 0 Å². The quantitative estimate of drug-likeness (QED) is 0.179. The molecule has 0 saturated carbocycles. The summed E-state index contributed by atoms with van der Waals surface area (Å²) in [6.45, 7) is 7.89. The molecule has 0 saturated heterocycles. The fourth-order valence-corrected chi connectivity index (χ4v) is 4.23. The third-order valence-electron chi connectivity index (χ3n) is 6.21. The van der Waals surface area contributed by atoms with E-state index < -0.39 is 48.3 Å². The number of ether oxygens (including phenoxy) is 6. The second kappa shape index (κ2) is 15.0. The van der Waals surface area contributed by atoms with E-state index in [1.807, 2.05) is 6.92 Å². The molecule has 0 radical (unpaired) electrons. The lowest BCUT2D eigenvalue weighted by Crippen LogP contribution is -2.57. The standard InChI is InChI=1S/C30H36ClNO11/c1-6-26(34)38-18(4)40-28(36)30(29(37)41-19(5)39-27(35)7-2)42-24-12-11-20(14-25(24)43-30)13-17(3)32-16-23(33)21-9-8-10-22(31)15-21/h8-12,14-15,17-19,23,32-33H,6-7,13,16H2,1-5H3/t17-,18?,19?,23+,30?/m1/s1. The van der Waals surface area contributed by atoms with Gasteiger partial charge in [0.05, 0.1) is 6.10 Å². The molecule has 12 nitrogen and oxygen atoms in total. The van der Waals surface area contributed by atoms with Crippen molar-refractivity contribution in [2.75, 3.05) is 6.54 Å². The van der Waals surface area contributed by atoms with Crippen LogP contribution in [0.1, 0.15) is 64.7 Å². The first kappa shape index (κ1) is 33.6. The van der Waals surface area contributed by atoms with Crippen LogP contribution in [-0.2, 0) is 44.5 Å². The first-order valence-electron chi connectivity index (χ1n) is 13.9. The average molecular weight is 622 g/mol. The lowest BCUT2D eigenvalue weighted by molar-refractivity contribution is -0.227. The van der Waals surface area contributed by atoms with Gasteiger partial charge in [-0.2, -0.15) is 0 Å². The fraction of sp³-hybridized carbons (Fsp3) is 0.467. The van der Waals surface area contributed by atoms with E-state index >= 15 is 0 Å². The van der Waals surface area contributed by atoms with Crippen molar-refractivity contribution in [3.8, 4) is 11.5 Å². The van der Waals surface area contributed by atoms with E-state index in [2.05, 4.69) is 5.32 Å². The summed E-state index contributed by atoms with van der Waals surface area (Å²) in [4.78, 5) is 49.8. The molecule has 0 aliphatic carbocycles. The van der Waals surface area contributed by atoms with Gasteiger partial charge in [-0.25, -0.2) is 9.59 Å². The van der Waals surface area contributed by atoms with Gasteiger partial charge >= 0.3 is 29.7 Å². The maximum Gasteiger partial charge on any atom is 0.453 e. The zero-order valence-electron chi connectivity index (χ0n) is 24.6. The third kappa shape index (κ3) is 9.06. The van der Waals surface area contributed by atoms with E-state index in [1.165, 1.54) is 19.9 Å². The Labute approximate surface area is 254 Å². The van der Waals surface area contributed by atoms with Gasteiger partial charge in [0.15, 0.2) is 11.5 Å². The van der Waals surface area contributed by atoms with Gasteiger partial charge in [-0.1, -0.05) is 43.6 Å². The van der Waals surface area contributed by atoms with Gasteiger partial charge in [0.1, 0.15) is 0 Å². The van der Waals surface area contributed by atoms with E-state index in [0.717, 1.165) is 5.56 Å². The number of carbonyl (C=O) groups is 4. The first-order chi connectivity index (χ1) is 20.4. The minimum absolute atomic E-state index is 0.0312. The molecule has 0 fully saturated rings. The van der Waals surface area contributed by atoms with E-state index in [0.29, 0.717) is 17.0 Å². The summed E-state index contributed by atoms with van der Waals surface area (Å²) in [7, 11) is 0. The van der Waals surface area contributed by atoms with Crippen LogP contribution in [0.25, 0.3) is 0 Å². The molecule has 0 spiro atoms. The van der Waals surface area contributed by atoms with Crippen molar-refractivity contribution in [1.29, 1.82) is 0 Å². The minimum atomic E-state index is -2.76. The molecule has 1 aliphatic rings. The maximum atomic E-state index is 13.3. The predicted molar refractivity (Wildman–Crippen MR) is 152 cm³/mol. The van der Waals surface area contributed by atoms with Gasteiger partial charge < -0.3 is 38.8 Å². The number of esters is 4. The zero-order chi connectivity index (χ0) is 31.7. The van der Waals surface area contributed by atoms with Gasteiger partial charge in [-0.05, 0) is 48.7 Å². The normalized spacial score (nSPS) is 18.1. The number of nitrogens with one attached hydrogen (secondary N) is 1. The monoisotopic (exact) mass is 621 g/mol.